The fourth-order valence-corrected chi connectivity index (χ4v) is 1.19. The topological polar surface area (TPSA) is 37.1 Å². The van der Waals surface area contributed by atoms with Crippen LogP contribution in [0.15, 0.2) is 39.7 Å². The van der Waals surface area contributed by atoms with E-state index in [0.29, 0.717) is 6.54 Å². The Morgan fingerprint density at radius 2 is 2.25 bits per heavy atom. The summed E-state index contributed by atoms with van der Waals surface area (Å²) >= 11 is 0. The highest BCUT2D eigenvalue weighted by Gasteiger charge is 2.06. The van der Waals surface area contributed by atoms with Gasteiger partial charge in [0.1, 0.15) is 6.54 Å². The first-order chi connectivity index (χ1) is 5.86. The highest BCUT2D eigenvalue weighted by atomic mass is 15.4. The van der Waals surface area contributed by atoms with Gasteiger partial charge in [0.05, 0.1) is 5.71 Å². The molecule has 0 radical (unpaired) electrons. The maximum Gasteiger partial charge on any atom is 0.107 e. The molecule has 0 saturated carbocycles. The Hall–Kier alpha value is -1.51. The van der Waals surface area contributed by atoms with E-state index in [2.05, 4.69) is 34.5 Å². The van der Waals surface area contributed by atoms with Crippen molar-refractivity contribution < 1.29 is 0 Å². The quantitative estimate of drug-likeness (QED) is 0.602. The fourth-order valence-electron chi connectivity index (χ4n) is 1.19. The van der Waals surface area contributed by atoms with Crippen molar-refractivity contribution in [2.24, 2.45) is 15.4 Å². The number of hydrogen-bond donors (Lipinski definition) is 0. The molecule has 0 bridgehead atoms. The molecule has 0 aromatic heterocycles. The van der Waals surface area contributed by atoms with E-state index in [9.17, 15) is 0 Å². The zero-order valence-corrected chi connectivity index (χ0v) is 6.86. The molecule has 1 aromatic carbocycles. The molecule has 0 aliphatic carbocycles. The molecule has 60 valence electrons. The van der Waals surface area contributed by atoms with Gasteiger partial charge in [0, 0.05) is 5.56 Å². The van der Waals surface area contributed by atoms with Crippen LogP contribution in [0.5, 0.6) is 0 Å². The molecule has 0 fully saturated rings. The SMILES string of the molecule is Cc1cccc(C2=NN=NC2)c1. The van der Waals surface area contributed by atoms with E-state index < -0.39 is 0 Å². The highest BCUT2D eigenvalue weighted by Crippen LogP contribution is 2.09. The van der Waals surface area contributed by atoms with Gasteiger partial charge in [-0.2, -0.15) is 5.11 Å². The average molecular weight is 159 g/mol. The van der Waals surface area contributed by atoms with Crippen LogP contribution in [0.2, 0.25) is 0 Å². The molecule has 0 saturated heterocycles. The van der Waals surface area contributed by atoms with Crippen molar-refractivity contribution in [3.8, 4) is 0 Å². The summed E-state index contributed by atoms with van der Waals surface area (Å²) in [6.07, 6.45) is 0. The predicted molar refractivity (Wildman–Crippen MR) is 47.4 cm³/mol. The molecule has 12 heavy (non-hydrogen) atoms. The van der Waals surface area contributed by atoms with Gasteiger partial charge in [0.15, 0.2) is 0 Å². The second kappa shape index (κ2) is 2.85. The minimum atomic E-state index is 0.615. The van der Waals surface area contributed by atoms with Crippen molar-refractivity contribution >= 4 is 5.71 Å². The number of rotatable bonds is 1. The van der Waals surface area contributed by atoms with Crippen molar-refractivity contribution in [3.05, 3.63) is 35.4 Å². The van der Waals surface area contributed by atoms with Gasteiger partial charge in [-0.1, -0.05) is 29.8 Å². The van der Waals surface area contributed by atoms with E-state index in [0.717, 1.165) is 11.3 Å². The van der Waals surface area contributed by atoms with Crippen LogP contribution in [0.4, 0.5) is 0 Å². The summed E-state index contributed by atoms with van der Waals surface area (Å²) in [6.45, 7) is 2.68. The third kappa shape index (κ3) is 1.25. The summed E-state index contributed by atoms with van der Waals surface area (Å²) in [5.74, 6) is 0. The normalized spacial score (nSPS) is 14.9. The van der Waals surface area contributed by atoms with Crippen molar-refractivity contribution in [1.82, 2.24) is 0 Å². The third-order valence-electron chi connectivity index (χ3n) is 1.80. The monoisotopic (exact) mass is 159 g/mol. The Labute approximate surface area is 70.8 Å². The maximum absolute atomic E-state index is 3.92. The van der Waals surface area contributed by atoms with Crippen molar-refractivity contribution in [2.75, 3.05) is 6.54 Å². The van der Waals surface area contributed by atoms with Gasteiger partial charge >= 0.3 is 0 Å². The van der Waals surface area contributed by atoms with Crippen LogP contribution in [0.25, 0.3) is 0 Å². The summed E-state index contributed by atoms with van der Waals surface area (Å²) in [5, 5.41) is 11.3. The summed E-state index contributed by atoms with van der Waals surface area (Å²) in [5.41, 5.74) is 3.32. The van der Waals surface area contributed by atoms with Crippen LogP contribution in [-0.4, -0.2) is 12.3 Å². The van der Waals surface area contributed by atoms with Gasteiger partial charge in [-0.05, 0) is 12.1 Å². The molecular formula is C9H9N3. The molecule has 0 N–H and O–H groups in total. The Kier molecular flexibility index (Phi) is 1.70. The van der Waals surface area contributed by atoms with Crippen molar-refractivity contribution in [2.45, 2.75) is 6.92 Å². The molecule has 1 aliphatic rings. The molecule has 0 unspecified atom stereocenters. The van der Waals surface area contributed by atoms with E-state index in [1.165, 1.54) is 5.56 Å². The van der Waals surface area contributed by atoms with E-state index >= 15 is 0 Å². The predicted octanol–water partition coefficient (Wildman–Crippen LogP) is 2.16. The van der Waals surface area contributed by atoms with Crippen LogP contribution in [0, 0.1) is 6.92 Å². The Morgan fingerprint density at radius 3 is 2.92 bits per heavy atom. The second-order valence-electron chi connectivity index (χ2n) is 2.81. The first-order valence-electron chi connectivity index (χ1n) is 3.86. The number of benzene rings is 1. The van der Waals surface area contributed by atoms with Crippen LogP contribution in [0.1, 0.15) is 11.1 Å². The summed E-state index contributed by atoms with van der Waals surface area (Å²) in [6, 6.07) is 8.20. The number of hydrogen-bond acceptors (Lipinski definition) is 3. The molecular weight excluding hydrogens is 150 g/mol. The largest absolute Gasteiger partial charge is 0.162 e. The standard InChI is InChI=1S/C9H9N3/c1-7-3-2-4-8(5-7)9-6-10-12-11-9/h2-5H,6H2,1H3. The summed E-state index contributed by atoms with van der Waals surface area (Å²) < 4.78 is 0. The highest BCUT2D eigenvalue weighted by molar-refractivity contribution is 6.02. The molecule has 0 amide bonds. The smallest absolute Gasteiger partial charge is 0.107 e. The lowest BCUT2D eigenvalue weighted by Gasteiger charge is -1.98. The average Bonchev–Trinajstić information content (AvgIpc) is 2.56. The minimum absolute atomic E-state index is 0.615. The molecule has 0 spiro atoms. The van der Waals surface area contributed by atoms with E-state index in [1.54, 1.807) is 0 Å². The number of nitrogens with zero attached hydrogens (tertiary/aromatic N) is 3. The van der Waals surface area contributed by atoms with E-state index in [1.807, 2.05) is 12.1 Å². The van der Waals surface area contributed by atoms with Gasteiger partial charge in [0.25, 0.3) is 0 Å². The molecule has 1 aromatic rings. The first-order valence-corrected chi connectivity index (χ1v) is 3.86. The molecule has 3 nitrogen and oxygen atoms in total. The van der Waals surface area contributed by atoms with Gasteiger partial charge in [-0.25, -0.2) is 0 Å². The molecule has 1 aliphatic heterocycles. The first kappa shape index (κ1) is 7.16. The Morgan fingerprint density at radius 1 is 1.33 bits per heavy atom. The molecule has 0 atom stereocenters. The lowest BCUT2D eigenvalue weighted by atomic mass is 10.1. The van der Waals surface area contributed by atoms with Gasteiger partial charge in [-0.15, -0.1) is 5.10 Å². The van der Waals surface area contributed by atoms with Crippen LogP contribution >= 0.6 is 0 Å². The van der Waals surface area contributed by atoms with E-state index in [4.69, 9.17) is 0 Å². The van der Waals surface area contributed by atoms with E-state index in [-0.39, 0.29) is 0 Å². The van der Waals surface area contributed by atoms with Crippen LogP contribution in [-0.2, 0) is 0 Å². The zero-order chi connectivity index (χ0) is 8.39. The minimum Gasteiger partial charge on any atom is -0.162 e. The summed E-state index contributed by atoms with van der Waals surface area (Å²) in [4.78, 5) is 0. The molecule has 1 heterocycles. The van der Waals surface area contributed by atoms with Gasteiger partial charge < -0.3 is 0 Å². The summed E-state index contributed by atoms with van der Waals surface area (Å²) in [7, 11) is 0. The third-order valence-corrected chi connectivity index (χ3v) is 1.80. The van der Waals surface area contributed by atoms with Crippen molar-refractivity contribution in [3.63, 3.8) is 0 Å². The number of aryl methyl sites for hydroxylation is 1. The van der Waals surface area contributed by atoms with Gasteiger partial charge in [0.2, 0.25) is 0 Å². The molecule has 2 rings (SSSR count). The fraction of sp³-hybridized carbons (Fsp3) is 0.222. The Balaban J connectivity index is 2.35. The van der Waals surface area contributed by atoms with Gasteiger partial charge in [-0.3, -0.25) is 0 Å². The maximum atomic E-state index is 3.92. The van der Waals surface area contributed by atoms with Crippen molar-refractivity contribution in [1.29, 1.82) is 0 Å². The van der Waals surface area contributed by atoms with Crippen LogP contribution in [0.3, 0.4) is 0 Å². The molecule has 3 heteroatoms. The zero-order valence-electron chi connectivity index (χ0n) is 6.86. The lowest BCUT2D eigenvalue weighted by molar-refractivity contribution is 1.06. The lowest BCUT2D eigenvalue weighted by Crippen LogP contribution is -2.01. The Bertz CT molecular complexity index is 353. The van der Waals surface area contributed by atoms with Crippen LogP contribution < -0.4 is 0 Å². The second-order valence-corrected chi connectivity index (χ2v) is 2.81.